The van der Waals surface area contributed by atoms with Crippen molar-refractivity contribution in [1.29, 1.82) is 0 Å². The van der Waals surface area contributed by atoms with E-state index >= 15 is 0 Å². The van der Waals surface area contributed by atoms with E-state index in [-0.39, 0.29) is 11.8 Å². The normalized spacial score (nSPS) is 12.8. The molecule has 1 unspecified atom stereocenters. The van der Waals surface area contributed by atoms with Gasteiger partial charge in [0.1, 0.15) is 5.75 Å². The minimum absolute atomic E-state index is 0.0869. The highest BCUT2D eigenvalue weighted by atomic mass is 16.3. The lowest BCUT2D eigenvalue weighted by molar-refractivity contribution is 0.461. The van der Waals surface area contributed by atoms with Gasteiger partial charge in [-0.25, -0.2) is 0 Å². The van der Waals surface area contributed by atoms with Crippen molar-refractivity contribution in [3.8, 4) is 5.75 Å². The average molecular weight is 164 g/mol. The molecular formula is C10H14NO. The Bertz CT molecular complexity index is 247. The van der Waals surface area contributed by atoms with E-state index in [9.17, 15) is 5.11 Å². The fraction of sp³-hybridized carbons (Fsp3) is 0.300. The van der Waals surface area contributed by atoms with Crippen molar-refractivity contribution < 1.29 is 5.11 Å². The molecule has 0 amide bonds. The molecule has 0 aromatic heterocycles. The molecule has 0 aliphatic carbocycles. The second-order valence-corrected chi connectivity index (χ2v) is 2.81. The van der Waals surface area contributed by atoms with Crippen molar-refractivity contribution in [1.82, 2.24) is 0 Å². The Hall–Kier alpha value is -1.02. The number of hydrogen-bond acceptors (Lipinski definition) is 2. The monoisotopic (exact) mass is 164 g/mol. The van der Waals surface area contributed by atoms with Crippen LogP contribution in [-0.4, -0.2) is 5.11 Å². The summed E-state index contributed by atoms with van der Waals surface area (Å²) < 4.78 is 0. The molecule has 2 nitrogen and oxygen atoms in total. The second-order valence-electron chi connectivity index (χ2n) is 2.81. The Morgan fingerprint density at radius 3 is 2.75 bits per heavy atom. The van der Waals surface area contributed by atoms with Gasteiger partial charge in [-0.05, 0) is 18.9 Å². The Morgan fingerprint density at radius 2 is 2.17 bits per heavy atom. The number of para-hydroxylation sites is 1. The zero-order valence-corrected chi connectivity index (χ0v) is 7.20. The molecule has 0 aliphatic rings. The first-order chi connectivity index (χ1) is 5.75. The van der Waals surface area contributed by atoms with Crippen LogP contribution in [0.4, 0.5) is 0 Å². The Labute approximate surface area is 73.0 Å². The number of phenolic OH excluding ortho intramolecular Hbond substituents is 1. The summed E-state index contributed by atoms with van der Waals surface area (Å²) in [5.41, 5.74) is 6.63. The van der Waals surface area contributed by atoms with Crippen LogP contribution in [0.5, 0.6) is 5.75 Å². The Balaban J connectivity index is 2.79. The van der Waals surface area contributed by atoms with Crippen molar-refractivity contribution in [3.05, 3.63) is 36.2 Å². The molecule has 65 valence electrons. The summed E-state index contributed by atoms with van der Waals surface area (Å²) in [6.45, 7) is 1.96. The fourth-order valence-corrected chi connectivity index (χ4v) is 1.18. The van der Waals surface area contributed by atoms with Gasteiger partial charge in [0.2, 0.25) is 0 Å². The molecule has 2 heteroatoms. The zero-order valence-electron chi connectivity index (χ0n) is 7.20. The Morgan fingerprint density at radius 1 is 1.50 bits per heavy atom. The van der Waals surface area contributed by atoms with Crippen LogP contribution in [0.1, 0.15) is 24.9 Å². The van der Waals surface area contributed by atoms with Gasteiger partial charge in [-0.15, -0.1) is 0 Å². The minimum Gasteiger partial charge on any atom is -0.508 e. The predicted octanol–water partition coefficient (Wildman–Crippen LogP) is 2.01. The molecule has 0 spiro atoms. The van der Waals surface area contributed by atoms with E-state index in [1.54, 1.807) is 12.1 Å². The van der Waals surface area contributed by atoms with Gasteiger partial charge in [-0.3, -0.25) is 0 Å². The molecule has 12 heavy (non-hydrogen) atoms. The molecule has 0 bridgehead atoms. The molecule has 1 atom stereocenters. The maximum absolute atomic E-state index is 9.41. The number of benzene rings is 1. The van der Waals surface area contributed by atoms with Crippen LogP contribution in [0.3, 0.4) is 0 Å². The van der Waals surface area contributed by atoms with Gasteiger partial charge in [-0.1, -0.05) is 25.1 Å². The molecule has 0 saturated heterocycles. The smallest absolute Gasteiger partial charge is 0.120 e. The van der Waals surface area contributed by atoms with Gasteiger partial charge in [0.25, 0.3) is 0 Å². The van der Waals surface area contributed by atoms with Crippen LogP contribution in [0, 0.1) is 6.42 Å². The summed E-state index contributed by atoms with van der Waals surface area (Å²) in [6, 6.07) is 7.09. The number of phenols is 1. The fourth-order valence-electron chi connectivity index (χ4n) is 1.18. The molecule has 0 heterocycles. The summed E-state index contributed by atoms with van der Waals surface area (Å²) >= 11 is 0. The first-order valence-corrected chi connectivity index (χ1v) is 4.07. The van der Waals surface area contributed by atoms with Gasteiger partial charge >= 0.3 is 0 Å². The molecule has 1 aromatic rings. The standard InChI is InChI=1S/C10H14NO/c1-2-5-9(11)8-6-3-4-7-10(8)12/h2-4,6-7,9,12H,5,11H2,1H3. The zero-order chi connectivity index (χ0) is 8.97. The first-order valence-electron chi connectivity index (χ1n) is 4.07. The van der Waals surface area contributed by atoms with Crippen LogP contribution < -0.4 is 5.73 Å². The lowest BCUT2D eigenvalue weighted by Crippen LogP contribution is -2.09. The molecule has 3 N–H and O–H groups in total. The van der Waals surface area contributed by atoms with Crippen LogP contribution >= 0.6 is 0 Å². The highest BCUT2D eigenvalue weighted by Gasteiger charge is 2.07. The van der Waals surface area contributed by atoms with E-state index in [0.29, 0.717) is 0 Å². The number of aromatic hydroxyl groups is 1. The Kier molecular flexibility index (Phi) is 3.11. The van der Waals surface area contributed by atoms with Crippen molar-refractivity contribution in [2.45, 2.75) is 19.4 Å². The number of hydrogen-bond donors (Lipinski definition) is 2. The van der Waals surface area contributed by atoms with Gasteiger partial charge in [0.05, 0.1) is 0 Å². The molecule has 1 rings (SSSR count). The summed E-state index contributed by atoms with van der Waals surface area (Å²) in [5, 5.41) is 9.41. The van der Waals surface area contributed by atoms with E-state index in [4.69, 9.17) is 5.73 Å². The molecule has 1 radical (unpaired) electrons. The van der Waals surface area contributed by atoms with E-state index < -0.39 is 0 Å². The molecule has 1 aromatic carbocycles. The lowest BCUT2D eigenvalue weighted by Gasteiger charge is -2.11. The maximum Gasteiger partial charge on any atom is 0.120 e. The summed E-state index contributed by atoms with van der Waals surface area (Å²) in [5.74, 6) is 0.284. The SMILES string of the molecule is C[CH]CC(N)c1ccccc1O. The number of nitrogens with two attached hydrogens (primary N) is 1. The summed E-state index contributed by atoms with van der Waals surface area (Å²) in [7, 11) is 0. The van der Waals surface area contributed by atoms with E-state index in [1.165, 1.54) is 0 Å². The van der Waals surface area contributed by atoms with E-state index in [1.807, 2.05) is 25.5 Å². The predicted molar refractivity (Wildman–Crippen MR) is 49.6 cm³/mol. The summed E-state index contributed by atoms with van der Waals surface area (Å²) in [6.07, 6.45) is 2.79. The van der Waals surface area contributed by atoms with Crippen molar-refractivity contribution >= 4 is 0 Å². The lowest BCUT2D eigenvalue weighted by atomic mass is 10.0. The maximum atomic E-state index is 9.41. The van der Waals surface area contributed by atoms with Gasteiger partial charge in [0, 0.05) is 11.6 Å². The van der Waals surface area contributed by atoms with E-state index in [0.717, 1.165) is 12.0 Å². The highest BCUT2D eigenvalue weighted by molar-refractivity contribution is 5.34. The third-order valence-electron chi connectivity index (χ3n) is 1.83. The number of rotatable bonds is 3. The first kappa shape index (κ1) is 9.07. The summed E-state index contributed by atoms with van der Waals surface area (Å²) in [4.78, 5) is 0. The van der Waals surface area contributed by atoms with Gasteiger partial charge < -0.3 is 10.8 Å². The third-order valence-corrected chi connectivity index (χ3v) is 1.83. The van der Waals surface area contributed by atoms with Crippen molar-refractivity contribution in [3.63, 3.8) is 0 Å². The van der Waals surface area contributed by atoms with Crippen LogP contribution in [-0.2, 0) is 0 Å². The molecular weight excluding hydrogens is 150 g/mol. The minimum atomic E-state index is -0.0869. The van der Waals surface area contributed by atoms with Crippen LogP contribution in [0.15, 0.2) is 24.3 Å². The van der Waals surface area contributed by atoms with Gasteiger partial charge in [-0.2, -0.15) is 0 Å². The average Bonchev–Trinajstić information content (AvgIpc) is 2.05. The van der Waals surface area contributed by atoms with Gasteiger partial charge in [0.15, 0.2) is 0 Å². The van der Waals surface area contributed by atoms with Crippen molar-refractivity contribution in [2.24, 2.45) is 5.73 Å². The molecule has 0 fully saturated rings. The van der Waals surface area contributed by atoms with Crippen molar-refractivity contribution in [2.75, 3.05) is 0 Å². The largest absolute Gasteiger partial charge is 0.508 e. The molecule has 0 saturated carbocycles. The van der Waals surface area contributed by atoms with Crippen LogP contribution in [0.25, 0.3) is 0 Å². The topological polar surface area (TPSA) is 46.2 Å². The highest BCUT2D eigenvalue weighted by Crippen LogP contribution is 2.24. The second kappa shape index (κ2) is 4.12. The molecule has 0 aliphatic heterocycles. The third kappa shape index (κ3) is 1.98. The quantitative estimate of drug-likeness (QED) is 0.717. The van der Waals surface area contributed by atoms with Crippen LogP contribution in [0.2, 0.25) is 0 Å². The van der Waals surface area contributed by atoms with E-state index in [2.05, 4.69) is 0 Å².